The Bertz CT molecular complexity index is 535. The van der Waals surface area contributed by atoms with Gasteiger partial charge in [0.2, 0.25) is 0 Å². The molecule has 0 saturated heterocycles. The lowest BCUT2D eigenvalue weighted by Gasteiger charge is -2.15. The predicted molar refractivity (Wildman–Crippen MR) is 83.6 cm³/mol. The van der Waals surface area contributed by atoms with E-state index in [1.807, 2.05) is 19.1 Å². The zero-order valence-corrected chi connectivity index (χ0v) is 12.2. The van der Waals surface area contributed by atoms with Crippen LogP contribution in [-0.2, 0) is 4.74 Å². The van der Waals surface area contributed by atoms with Crippen LogP contribution in [0, 0.1) is 0 Å². The number of hydrogen-bond donors (Lipinski definition) is 1. The lowest BCUT2D eigenvalue weighted by Crippen LogP contribution is -2.10. The van der Waals surface area contributed by atoms with Crippen molar-refractivity contribution in [2.75, 3.05) is 6.61 Å². The van der Waals surface area contributed by atoms with E-state index in [1.165, 1.54) is 11.1 Å². The van der Waals surface area contributed by atoms with Gasteiger partial charge in [-0.15, -0.1) is 0 Å². The van der Waals surface area contributed by atoms with Gasteiger partial charge in [0.25, 0.3) is 0 Å². The Morgan fingerprint density at radius 1 is 1.35 bits per heavy atom. The number of rotatable bonds is 5. The van der Waals surface area contributed by atoms with Crippen LogP contribution in [0.15, 0.2) is 53.6 Å². The minimum absolute atomic E-state index is 0.190. The Labute approximate surface area is 121 Å². The molecule has 0 bridgehead atoms. The molecule has 20 heavy (non-hydrogen) atoms. The van der Waals surface area contributed by atoms with E-state index in [9.17, 15) is 5.11 Å². The molecule has 1 aromatic rings. The molecule has 1 aliphatic heterocycles. The van der Waals surface area contributed by atoms with Gasteiger partial charge in [0.05, 0.1) is 12.7 Å². The van der Waals surface area contributed by atoms with Gasteiger partial charge in [-0.25, -0.2) is 0 Å². The van der Waals surface area contributed by atoms with E-state index >= 15 is 0 Å². The summed E-state index contributed by atoms with van der Waals surface area (Å²) in [5.74, 6) is 0.301. The first-order valence-electron chi connectivity index (χ1n) is 7.00. The highest BCUT2D eigenvalue weighted by Crippen LogP contribution is 2.26. The van der Waals surface area contributed by atoms with Crippen LogP contribution in [-0.4, -0.2) is 17.8 Å². The second-order valence-electron chi connectivity index (χ2n) is 5.38. The molecule has 0 spiro atoms. The molecule has 0 radical (unpaired) electrons. The Hall–Kier alpha value is -1.80. The SMILES string of the molecule is C=C(C)C1=CCOC1CC/C(C)=C/c1ccc(O)cc1. The van der Waals surface area contributed by atoms with Crippen LogP contribution >= 0.6 is 0 Å². The van der Waals surface area contributed by atoms with Gasteiger partial charge in [-0.2, -0.15) is 0 Å². The van der Waals surface area contributed by atoms with Crippen molar-refractivity contribution in [1.29, 1.82) is 0 Å². The molecule has 0 amide bonds. The second kappa shape index (κ2) is 6.58. The summed E-state index contributed by atoms with van der Waals surface area (Å²) in [5.41, 5.74) is 4.78. The predicted octanol–water partition coefficient (Wildman–Crippen LogP) is 4.48. The van der Waals surface area contributed by atoms with E-state index < -0.39 is 0 Å². The van der Waals surface area contributed by atoms with Crippen molar-refractivity contribution in [3.63, 3.8) is 0 Å². The third-order valence-electron chi connectivity index (χ3n) is 3.55. The Kier molecular flexibility index (Phi) is 4.80. The minimum Gasteiger partial charge on any atom is -0.508 e. The maximum absolute atomic E-state index is 9.27. The van der Waals surface area contributed by atoms with E-state index in [-0.39, 0.29) is 6.10 Å². The quantitative estimate of drug-likeness (QED) is 0.855. The van der Waals surface area contributed by atoms with E-state index in [0.717, 1.165) is 24.0 Å². The number of hydrogen-bond acceptors (Lipinski definition) is 2. The summed E-state index contributed by atoms with van der Waals surface area (Å²) in [6.07, 6.45) is 6.45. The fourth-order valence-electron chi connectivity index (χ4n) is 2.45. The van der Waals surface area contributed by atoms with E-state index in [4.69, 9.17) is 4.74 Å². The van der Waals surface area contributed by atoms with Crippen LogP contribution in [0.4, 0.5) is 0 Å². The molecule has 0 aromatic heterocycles. The number of allylic oxidation sites excluding steroid dienone is 1. The number of phenolic OH excluding ortho intramolecular Hbond substituents is 1. The summed E-state index contributed by atoms with van der Waals surface area (Å²) in [7, 11) is 0. The standard InChI is InChI=1S/C18H22O2/c1-13(2)17-10-11-20-18(17)9-4-14(3)12-15-5-7-16(19)8-6-15/h5-8,10,12,18-19H,1,4,9,11H2,2-3H3/b14-12+. The molecule has 1 N–H and O–H groups in total. The van der Waals surface area contributed by atoms with Crippen LogP contribution < -0.4 is 0 Å². The molecule has 1 heterocycles. The van der Waals surface area contributed by atoms with Gasteiger partial charge in [0.15, 0.2) is 0 Å². The van der Waals surface area contributed by atoms with Crippen LogP contribution in [0.2, 0.25) is 0 Å². The van der Waals surface area contributed by atoms with Crippen molar-refractivity contribution in [2.45, 2.75) is 32.8 Å². The van der Waals surface area contributed by atoms with Crippen molar-refractivity contribution in [3.8, 4) is 5.75 Å². The number of benzene rings is 1. The van der Waals surface area contributed by atoms with Gasteiger partial charge in [0, 0.05) is 0 Å². The number of ether oxygens (including phenoxy) is 1. The molecular weight excluding hydrogens is 248 g/mol. The number of phenols is 1. The first-order chi connectivity index (χ1) is 9.56. The minimum atomic E-state index is 0.190. The highest BCUT2D eigenvalue weighted by molar-refractivity contribution is 5.53. The van der Waals surface area contributed by atoms with Gasteiger partial charge in [-0.05, 0) is 50.0 Å². The lowest BCUT2D eigenvalue weighted by atomic mass is 9.98. The summed E-state index contributed by atoms with van der Waals surface area (Å²) in [5, 5.41) is 9.27. The van der Waals surface area contributed by atoms with E-state index in [1.54, 1.807) is 12.1 Å². The summed E-state index contributed by atoms with van der Waals surface area (Å²) >= 11 is 0. The third-order valence-corrected chi connectivity index (χ3v) is 3.55. The zero-order chi connectivity index (χ0) is 14.5. The molecule has 2 heteroatoms. The zero-order valence-electron chi connectivity index (χ0n) is 12.2. The van der Waals surface area contributed by atoms with Crippen molar-refractivity contribution in [1.82, 2.24) is 0 Å². The van der Waals surface area contributed by atoms with Gasteiger partial charge < -0.3 is 9.84 Å². The lowest BCUT2D eigenvalue weighted by molar-refractivity contribution is 0.116. The molecule has 1 atom stereocenters. The average molecular weight is 270 g/mol. The second-order valence-corrected chi connectivity index (χ2v) is 5.38. The van der Waals surface area contributed by atoms with Crippen molar-refractivity contribution in [2.24, 2.45) is 0 Å². The summed E-state index contributed by atoms with van der Waals surface area (Å²) < 4.78 is 5.73. The molecule has 2 rings (SSSR count). The largest absolute Gasteiger partial charge is 0.508 e. The van der Waals surface area contributed by atoms with Gasteiger partial charge in [0.1, 0.15) is 5.75 Å². The highest BCUT2D eigenvalue weighted by atomic mass is 16.5. The van der Waals surface area contributed by atoms with Gasteiger partial charge in [-0.3, -0.25) is 0 Å². The third kappa shape index (κ3) is 3.84. The van der Waals surface area contributed by atoms with Crippen LogP contribution in [0.25, 0.3) is 6.08 Å². The Morgan fingerprint density at radius 2 is 2.05 bits per heavy atom. The maximum atomic E-state index is 9.27. The molecule has 0 fully saturated rings. The van der Waals surface area contributed by atoms with Crippen molar-refractivity contribution >= 4 is 6.08 Å². The summed E-state index contributed by atoms with van der Waals surface area (Å²) in [6, 6.07) is 7.26. The van der Waals surface area contributed by atoms with Crippen LogP contribution in [0.5, 0.6) is 5.75 Å². The molecule has 106 valence electrons. The van der Waals surface area contributed by atoms with Crippen LogP contribution in [0.1, 0.15) is 32.3 Å². The van der Waals surface area contributed by atoms with Gasteiger partial charge in [-0.1, -0.05) is 42.0 Å². The number of aromatic hydroxyl groups is 1. The Morgan fingerprint density at radius 3 is 2.70 bits per heavy atom. The highest BCUT2D eigenvalue weighted by Gasteiger charge is 2.19. The fourth-order valence-corrected chi connectivity index (χ4v) is 2.45. The normalized spacial score (nSPS) is 19.0. The maximum Gasteiger partial charge on any atom is 0.115 e. The molecule has 0 aliphatic carbocycles. The monoisotopic (exact) mass is 270 g/mol. The summed E-state index contributed by atoms with van der Waals surface area (Å²) in [6.45, 7) is 8.87. The first kappa shape index (κ1) is 14.6. The molecule has 1 unspecified atom stereocenters. The molecule has 2 nitrogen and oxygen atoms in total. The smallest absolute Gasteiger partial charge is 0.115 e. The summed E-state index contributed by atoms with van der Waals surface area (Å²) in [4.78, 5) is 0. The van der Waals surface area contributed by atoms with Gasteiger partial charge >= 0.3 is 0 Å². The average Bonchev–Trinajstić information content (AvgIpc) is 2.88. The van der Waals surface area contributed by atoms with Crippen molar-refractivity contribution < 1.29 is 9.84 Å². The van der Waals surface area contributed by atoms with E-state index in [2.05, 4.69) is 25.7 Å². The molecule has 0 saturated carbocycles. The topological polar surface area (TPSA) is 29.5 Å². The molecular formula is C18H22O2. The fraction of sp³-hybridized carbons (Fsp3) is 0.333. The van der Waals surface area contributed by atoms with Crippen molar-refractivity contribution in [3.05, 3.63) is 59.2 Å². The molecule has 1 aliphatic rings. The van der Waals surface area contributed by atoms with E-state index in [0.29, 0.717) is 12.4 Å². The first-order valence-corrected chi connectivity index (χ1v) is 7.00. The molecule has 1 aromatic carbocycles. The van der Waals surface area contributed by atoms with Crippen LogP contribution in [0.3, 0.4) is 0 Å². The Balaban J connectivity index is 1.92.